The number of amides is 1. The molecule has 2 N–H and O–H groups in total. The molecule has 1 aromatic heterocycles. The Bertz CT molecular complexity index is 1180. The predicted octanol–water partition coefficient (Wildman–Crippen LogP) is 3.53. The lowest BCUT2D eigenvalue weighted by atomic mass is 9.98. The molecule has 1 fully saturated rings. The first-order chi connectivity index (χ1) is 15.5. The van der Waals surface area contributed by atoms with Gasteiger partial charge in [0.2, 0.25) is 15.9 Å². The van der Waals surface area contributed by atoms with E-state index in [0.29, 0.717) is 43.1 Å². The second kappa shape index (κ2) is 9.62. The number of aromatic amines is 1. The van der Waals surface area contributed by atoms with Crippen molar-refractivity contribution in [1.82, 2.24) is 19.5 Å². The van der Waals surface area contributed by atoms with Gasteiger partial charge in [0.15, 0.2) is 11.6 Å². The van der Waals surface area contributed by atoms with Gasteiger partial charge >= 0.3 is 0 Å². The van der Waals surface area contributed by atoms with Gasteiger partial charge in [0, 0.05) is 24.2 Å². The SMILES string of the molecule is CCCS(=O)(=O)N1CCCC(C(=O)Nc2ccccc2-c2nc(-c3ccccc3)n[nH]2)C1. The number of carbonyl (C=O) groups excluding carboxylic acids is 1. The highest BCUT2D eigenvalue weighted by Crippen LogP contribution is 2.28. The number of hydrogen-bond acceptors (Lipinski definition) is 5. The fourth-order valence-electron chi connectivity index (χ4n) is 3.93. The van der Waals surface area contributed by atoms with Crippen LogP contribution in [0.3, 0.4) is 0 Å². The van der Waals surface area contributed by atoms with Crippen LogP contribution in [0.4, 0.5) is 5.69 Å². The Morgan fingerprint density at radius 1 is 1.16 bits per heavy atom. The molecule has 9 heteroatoms. The lowest BCUT2D eigenvalue weighted by Crippen LogP contribution is -2.44. The number of nitrogens with zero attached hydrogens (tertiary/aromatic N) is 3. The molecular weight excluding hydrogens is 426 g/mol. The van der Waals surface area contributed by atoms with Crippen LogP contribution in [0, 0.1) is 5.92 Å². The molecule has 1 amide bonds. The van der Waals surface area contributed by atoms with Crippen molar-refractivity contribution in [2.24, 2.45) is 5.92 Å². The highest BCUT2D eigenvalue weighted by atomic mass is 32.2. The molecule has 4 rings (SSSR count). The second-order valence-corrected chi connectivity index (χ2v) is 10.0. The predicted molar refractivity (Wildman–Crippen MR) is 124 cm³/mol. The summed E-state index contributed by atoms with van der Waals surface area (Å²) in [6, 6.07) is 17.0. The largest absolute Gasteiger partial charge is 0.325 e. The summed E-state index contributed by atoms with van der Waals surface area (Å²) in [7, 11) is -3.32. The number of anilines is 1. The van der Waals surface area contributed by atoms with E-state index < -0.39 is 15.9 Å². The molecule has 3 aromatic rings. The van der Waals surface area contributed by atoms with E-state index in [4.69, 9.17) is 0 Å². The van der Waals surface area contributed by atoms with Crippen LogP contribution in [0.5, 0.6) is 0 Å². The number of para-hydroxylation sites is 1. The Labute approximate surface area is 188 Å². The number of aromatic nitrogens is 3. The normalized spacial score (nSPS) is 17.2. The van der Waals surface area contributed by atoms with E-state index in [0.717, 1.165) is 11.1 Å². The minimum atomic E-state index is -3.32. The maximum atomic E-state index is 13.0. The van der Waals surface area contributed by atoms with Gasteiger partial charge in [0.1, 0.15) is 0 Å². The van der Waals surface area contributed by atoms with Gasteiger partial charge in [-0.15, -0.1) is 0 Å². The molecule has 168 valence electrons. The molecule has 1 unspecified atom stereocenters. The zero-order chi connectivity index (χ0) is 22.6. The first-order valence-electron chi connectivity index (χ1n) is 10.8. The number of H-pyrrole nitrogens is 1. The minimum Gasteiger partial charge on any atom is -0.325 e. The number of hydrogen-bond donors (Lipinski definition) is 2. The molecule has 2 aromatic carbocycles. The number of rotatable bonds is 7. The van der Waals surface area contributed by atoms with Crippen molar-refractivity contribution < 1.29 is 13.2 Å². The molecule has 0 saturated carbocycles. The molecule has 0 aliphatic carbocycles. The smallest absolute Gasteiger partial charge is 0.228 e. The van der Waals surface area contributed by atoms with E-state index >= 15 is 0 Å². The van der Waals surface area contributed by atoms with Crippen molar-refractivity contribution in [3.8, 4) is 22.8 Å². The van der Waals surface area contributed by atoms with Crippen molar-refractivity contribution in [1.29, 1.82) is 0 Å². The van der Waals surface area contributed by atoms with Gasteiger partial charge in [-0.3, -0.25) is 9.89 Å². The lowest BCUT2D eigenvalue weighted by Gasteiger charge is -2.31. The van der Waals surface area contributed by atoms with Crippen LogP contribution in [0.25, 0.3) is 22.8 Å². The molecule has 8 nitrogen and oxygen atoms in total. The first kappa shape index (κ1) is 22.2. The first-order valence-corrected chi connectivity index (χ1v) is 12.4. The molecule has 1 atom stereocenters. The van der Waals surface area contributed by atoms with Gasteiger partial charge in [-0.1, -0.05) is 49.4 Å². The van der Waals surface area contributed by atoms with E-state index in [1.54, 1.807) is 0 Å². The van der Waals surface area contributed by atoms with Crippen molar-refractivity contribution in [3.05, 3.63) is 54.6 Å². The summed E-state index contributed by atoms with van der Waals surface area (Å²) in [6.07, 6.45) is 1.89. The van der Waals surface area contributed by atoms with Gasteiger partial charge in [-0.25, -0.2) is 17.7 Å². The molecule has 1 saturated heterocycles. The molecular formula is C23H27N5O3S. The standard InChI is InChI=1S/C23H27N5O3S/c1-2-15-32(30,31)28-14-8-11-18(16-28)23(29)24-20-13-7-6-12-19(20)22-25-21(26-27-22)17-9-4-3-5-10-17/h3-7,9-10,12-13,18H,2,8,11,14-16H2,1H3,(H,24,29)(H,25,26,27). The highest BCUT2D eigenvalue weighted by Gasteiger charge is 2.32. The van der Waals surface area contributed by atoms with Crippen LogP contribution in [0.15, 0.2) is 54.6 Å². The van der Waals surface area contributed by atoms with Crippen molar-refractivity contribution in [3.63, 3.8) is 0 Å². The topological polar surface area (TPSA) is 108 Å². The highest BCUT2D eigenvalue weighted by molar-refractivity contribution is 7.89. The van der Waals surface area contributed by atoms with E-state index in [1.165, 1.54) is 4.31 Å². The molecule has 32 heavy (non-hydrogen) atoms. The van der Waals surface area contributed by atoms with Crippen molar-refractivity contribution in [2.45, 2.75) is 26.2 Å². The van der Waals surface area contributed by atoms with Crippen LogP contribution >= 0.6 is 0 Å². The molecule has 2 heterocycles. The average molecular weight is 454 g/mol. The van der Waals surface area contributed by atoms with E-state index in [-0.39, 0.29) is 18.2 Å². The summed E-state index contributed by atoms with van der Waals surface area (Å²) >= 11 is 0. The van der Waals surface area contributed by atoms with Gasteiger partial charge in [0.05, 0.1) is 17.4 Å². The Kier molecular flexibility index (Phi) is 6.66. The molecule has 1 aliphatic rings. The molecule has 0 spiro atoms. The summed E-state index contributed by atoms with van der Waals surface area (Å²) in [5, 5.41) is 10.2. The second-order valence-electron chi connectivity index (χ2n) is 7.92. The molecule has 1 aliphatic heterocycles. The van der Waals surface area contributed by atoms with E-state index in [9.17, 15) is 13.2 Å². The Morgan fingerprint density at radius 3 is 2.69 bits per heavy atom. The van der Waals surface area contributed by atoms with Crippen molar-refractivity contribution in [2.75, 3.05) is 24.2 Å². The van der Waals surface area contributed by atoms with Crippen LogP contribution in [0.1, 0.15) is 26.2 Å². The minimum absolute atomic E-state index is 0.111. The Balaban J connectivity index is 1.51. The fourth-order valence-corrected chi connectivity index (χ4v) is 5.52. The zero-order valence-corrected chi connectivity index (χ0v) is 18.8. The summed E-state index contributed by atoms with van der Waals surface area (Å²) in [5.74, 6) is 0.662. The van der Waals surface area contributed by atoms with Crippen LogP contribution in [-0.4, -0.2) is 52.7 Å². The lowest BCUT2D eigenvalue weighted by molar-refractivity contribution is -0.120. The maximum Gasteiger partial charge on any atom is 0.228 e. The van der Waals surface area contributed by atoms with Crippen LogP contribution < -0.4 is 5.32 Å². The third-order valence-electron chi connectivity index (χ3n) is 5.57. The summed E-state index contributed by atoms with van der Waals surface area (Å²) < 4.78 is 26.3. The van der Waals surface area contributed by atoms with Gasteiger partial charge in [0.25, 0.3) is 0 Å². The van der Waals surface area contributed by atoms with E-state index in [2.05, 4.69) is 20.5 Å². The number of nitrogens with one attached hydrogen (secondary N) is 2. The zero-order valence-electron chi connectivity index (χ0n) is 18.0. The number of piperidine rings is 1. The van der Waals surface area contributed by atoms with Crippen molar-refractivity contribution >= 4 is 21.6 Å². The number of carbonyl (C=O) groups is 1. The van der Waals surface area contributed by atoms with Gasteiger partial charge in [-0.2, -0.15) is 5.10 Å². The van der Waals surface area contributed by atoms with E-state index in [1.807, 2.05) is 61.5 Å². The third kappa shape index (κ3) is 4.89. The maximum absolute atomic E-state index is 13.0. The average Bonchev–Trinajstić information content (AvgIpc) is 3.30. The fraction of sp³-hybridized carbons (Fsp3) is 0.348. The quantitative estimate of drug-likeness (QED) is 0.569. The number of sulfonamides is 1. The number of benzene rings is 2. The summed E-state index contributed by atoms with van der Waals surface area (Å²) in [6.45, 7) is 2.54. The third-order valence-corrected chi connectivity index (χ3v) is 7.61. The van der Waals surface area contributed by atoms with Gasteiger partial charge in [-0.05, 0) is 31.4 Å². The van der Waals surface area contributed by atoms with Crippen LogP contribution in [0.2, 0.25) is 0 Å². The summed E-state index contributed by atoms with van der Waals surface area (Å²) in [5.41, 5.74) is 2.23. The Morgan fingerprint density at radius 2 is 1.91 bits per heavy atom. The van der Waals surface area contributed by atoms with Crippen LogP contribution in [-0.2, 0) is 14.8 Å². The van der Waals surface area contributed by atoms with Gasteiger partial charge < -0.3 is 5.32 Å². The monoisotopic (exact) mass is 453 g/mol. The summed E-state index contributed by atoms with van der Waals surface area (Å²) in [4.78, 5) is 17.6. The molecule has 0 radical (unpaired) electrons. The molecule has 0 bridgehead atoms. The Hall–Kier alpha value is -3.04.